The molecule has 0 radical (unpaired) electrons. The van der Waals surface area contributed by atoms with Gasteiger partial charge in [0.1, 0.15) is 5.82 Å². The van der Waals surface area contributed by atoms with E-state index in [0.29, 0.717) is 16.9 Å². The van der Waals surface area contributed by atoms with Crippen molar-refractivity contribution in [1.82, 2.24) is 14.9 Å². The van der Waals surface area contributed by atoms with E-state index in [-0.39, 0.29) is 6.10 Å². The summed E-state index contributed by atoms with van der Waals surface area (Å²) in [5.74, 6) is 0.739. The summed E-state index contributed by atoms with van der Waals surface area (Å²) in [5.41, 5.74) is 2.55. The predicted octanol–water partition coefficient (Wildman–Crippen LogP) is 2.38. The number of carboxylic acid groups (broad SMARTS) is 1. The quantitative estimate of drug-likeness (QED) is 0.893. The van der Waals surface area contributed by atoms with E-state index < -0.39 is 5.97 Å². The molecule has 2 aliphatic heterocycles. The smallest absolute Gasteiger partial charge is 0.335 e. The van der Waals surface area contributed by atoms with Crippen LogP contribution < -0.4 is 5.32 Å². The molecule has 132 valence electrons. The van der Waals surface area contributed by atoms with E-state index in [1.807, 2.05) is 6.07 Å². The van der Waals surface area contributed by atoms with Crippen LogP contribution in [0.2, 0.25) is 0 Å². The van der Waals surface area contributed by atoms with Gasteiger partial charge in [-0.25, -0.2) is 9.78 Å². The highest BCUT2D eigenvalue weighted by Gasteiger charge is 2.56. The largest absolute Gasteiger partial charge is 0.478 e. The maximum Gasteiger partial charge on any atom is 0.335 e. The lowest BCUT2D eigenvalue weighted by Crippen LogP contribution is -2.32. The van der Waals surface area contributed by atoms with Gasteiger partial charge in [0.05, 0.1) is 29.2 Å². The van der Waals surface area contributed by atoms with Crippen molar-refractivity contribution in [3.63, 3.8) is 0 Å². The van der Waals surface area contributed by atoms with Crippen LogP contribution in [0.25, 0.3) is 11.0 Å². The van der Waals surface area contributed by atoms with Gasteiger partial charge < -0.3 is 19.7 Å². The van der Waals surface area contributed by atoms with Gasteiger partial charge in [-0.15, -0.1) is 0 Å². The fourth-order valence-corrected chi connectivity index (χ4v) is 4.55. The Balaban J connectivity index is 1.57. The van der Waals surface area contributed by atoms with Crippen LogP contribution in [0.3, 0.4) is 0 Å². The first-order chi connectivity index (χ1) is 12.2. The summed E-state index contributed by atoms with van der Waals surface area (Å²) >= 11 is 0. The van der Waals surface area contributed by atoms with Crippen LogP contribution >= 0.6 is 0 Å². The molecule has 0 bridgehead atoms. The first-order valence-electron chi connectivity index (χ1n) is 9.22. The van der Waals surface area contributed by atoms with Gasteiger partial charge in [-0.2, -0.15) is 0 Å². The second-order valence-electron chi connectivity index (χ2n) is 7.74. The van der Waals surface area contributed by atoms with E-state index in [4.69, 9.17) is 9.72 Å². The molecule has 3 aliphatic rings. The Morgan fingerprint density at radius 2 is 2.20 bits per heavy atom. The molecule has 2 saturated heterocycles. The molecule has 1 aromatic heterocycles. The number of nitrogens with zero attached hydrogens (tertiary/aromatic N) is 2. The normalized spacial score (nSPS) is 27.4. The van der Waals surface area contributed by atoms with Crippen molar-refractivity contribution in [2.45, 2.75) is 44.2 Å². The van der Waals surface area contributed by atoms with Gasteiger partial charge >= 0.3 is 5.97 Å². The average molecular weight is 341 g/mol. The van der Waals surface area contributed by atoms with E-state index in [2.05, 4.69) is 9.88 Å². The Hall–Kier alpha value is -1.92. The second-order valence-corrected chi connectivity index (χ2v) is 7.74. The van der Waals surface area contributed by atoms with E-state index in [1.165, 1.54) is 19.3 Å². The Labute approximate surface area is 146 Å². The molecule has 3 heterocycles. The van der Waals surface area contributed by atoms with Crippen LogP contribution in [0.5, 0.6) is 0 Å². The van der Waals surface area contributed by atoms with Crippen molar-refractivity contribution in [3.05, 3.63) is 29.6 Å². The molecule has 1 aliphatic carbocycles. The van der Waals surface area contributed by atoms with Gasteiger partial charge in [0.15, 0.2) is 0 Å². The molecule has 1 spiro atoms. The van der Waals surface area contributed by atoms with Crippen LogP contribution in [0.4, 0.5) is 0 Å². The van der Waals surface area contributed by atoms with Crippen LogP contribution in [0.15, 0.2) is 18.2 Å². The number of piperidine rings is 1. The summed E-state index contributed by atoms with van der Waals surface area (Å²) < 4.78 is 7.89. The number of imidazole rings is 1. The standard InChI is InChI=1S/C19H23N3O3/c23-18(24)12-1-2-15-16(9-12)22(11-13-3-8-25-13)17(21-15)14-10-19(14)4-6-20-7-5-19/h1-2,9,13-14,20H,3-8,10-11H2,(H,23,24)/t13-,14?/m0/s1. The van der Waals surface area contributed by atoms with Crippen molar-refractivity contribution in [1.29, 1.82) is 0 Å². The molecule has 6 heteroatoms. The number of aromatic nitrogens is 2. The third-order valence-corrected chi connectivity index (χ3v) is 6.31. The third-order valence-electron chi connectivity index (χ3n) is 6.31. The van der Waals surface area contributed by atoms with Crippen LogP contribution in [-0.2, 0) is 11.3 Å². The van der Waals surface area contributed by atoms with Crippen LogP contribution in [0.1, 0.15) is 47.8 Å². The summed E-state index contributed by atoms with van der Waals surface area (Å²) in [4.78, 5) is 16.3. The molecular formula is C19H23N3O3. The zero-order chi connectivity index (χ0) is 17.0. The highest BCUT2D eigenvalue weighted by Crippen LogP contribution is 2.64. The fraction of sp³-hybridized carbons (Fsp3) is 0.579. The van der Waals surface area contributed by atoms with Gasteiger partial charge in [0.2, 0.25) is 0 Å². The minimum Gasteiger partial charge on any atom is -0.478 e. The van der Waals surface area contributed by atoms with E-state index >= 15 is 0 Å². The van der Waals surface area contributed by atoms with Crippen molar-refractivity contribution in [2.24, 2.45) is 5.41 Å². The molecule has 6 nitrogen and oxygen atoms in total. The van der Waals surface area contributed by atoms with Gasteiger partial charge in [0.25, 0.3) is 0 Å². The third kappa shape index (κ3) is 2.47. The lowest BCUT2D eigenvalue weighted by molar-refractivity contribution is -0.0590. The SMILES string of the molecule is O=C(O)c1ccc2nc(C3CC34CCNCC4)n(C[C@@H]3CCO3)c2c1. The predicted molar refractivity (Wildman–Crippen MR) is 92.9 cm³/mol. The number of hydrogen-bond donors (Lipinski definition) is 2. The maximum atomic E-state index is 11.4. The summed E-state index contributed by atoms with van der Waals surface area (Å²) in [6, 6.07) is 5.26. The second kappa shape index (κ2) is 5.54. The van der Waals surface area contributed by atoms with Crippen molar-refractivity contribution >= 4 is 17.0 Å². The highest BCUT2D eigenvalue weighted by molar-refractivity contribution is 5.92. The molecule has 2 N–H and O–H groups in total. The lowest BCUT2D eigenvalue weighted by Gasteiger charge is -2.28. The summed E-state index contributed by atoms with van der Waals surface area (Å²) in [6.45, 7) is 3.78. The molecular weight excluding hydrogens is 318 g/mol. The molecule has 1 unspecified atom stereocenters. The average Bonchev–Trinajstić information content (AvgIpc) is 3.13. The number of ether oxygens (including phenoxy) is 1. The summed E-state index contributed by atoms with van der Waals surface area (Å²) in [5, 5.41) is 12.8. The monoisotopic (exact) mass is 341 g/mol. The Kier molecular flexibility index (Phi) is 3.40. The number of carbonyl (C=O) groups is 1. The Bertz CT molecular complexity index is 834. The maximum absolute atomic E-state index is 11.4. The molecule has 3 fully saturated rings. The number of carboxylic acids is 1. The molecule has 5 rings (SSSR count). The lowest BCUT2D eigenvalue weighted by atomic mass is 9.91. The number of rotatable bonds is 4. The molecule has 2 atom stereocenters. The Morgan fingerprint density at radius 1 is 1.40 bits per heavy atom. The fourth-order valence-electron chi connectivity index (χ4n) is 4.55. The molecule has 1 saturated carbocycles. The molecule has 25 heavy (non-hydrogen) atoms. The number of nitrogens with one attached hydrogen (secondary N) is 1. The van der Waals surface area contributed by atoms with Crippen molar-refractivity contribution in [2.75, 3.05) is 19.7 Å². The van der Waals surface area contributed by atoms with E-state index in [0.717, 1.165) is 49.5 Å². The van der Waals surface area contributed by atoms with Gasteiger partial charge in [-0.3, -0.25) is 0 Å². The minimum atomic E-state index is -0.891. The van der Waals surface area contributed by atoms with E-state index in [1.54, 1.807) is 12.1 Å². The first kappa shape index (κ1) is 15.3. The Morgan fingerprint density at radius 3 is 2.88 bits per heavy atom. The minimum absolute atomic E-state index is 0.229. The summed E-state index contributed by atoms with van der Waals surface area (Å²) in [6.07, 6.45) is 4.92. The van der Waals surface area contributed by atoms with Crippen LogP contribution in [-0.4, -0.2) is 46.4 Å². The van der Waals surface area contributed by atoms with Gasteiger partial charge in [-0.1, -0.05) is 0 Å². The van der Waals surface area contributed by atoms with Crippen molar-refractivity contribution in [3.8, 4) is 0 Å². The van der Waals surface area contributed by atoms with E-state index in [9.17, 15) is 9.90 Å². The number of benzene rings is 1. The molecule has 0 amide bonds. The molecule has 1 aromatic carbocycles. The first-order valence-corrected chi connectivity index (χ1v) is 9.22. The van der Waals surface area contributed by atoms with Gasteiger partial charge in [-0.05, 0) is 62.4 Å². The number of fused-ring (bicyclic) bond motifs is 1. The number of hydrogen-bond acceptors (Lipinski definition) is 4. The topological polar surface area (TPSA) is 76.4 Å². The summed E-state index contributed by atoms with van der Waals surface area (Å²) in [7, 11) is 0. The highest BCUT2D eigenvalue weighted by atomic mass is 16.5. The van der Waals surface area contributed by atoms with Crippen molar-refractivity contribution < 1.29 is 14.6 Å². The van der Waals surface area contributed by atoms with Gasteiger partial charge in [0, 0.05) is 12.5 Å². The zero-order valence-electron chi connectivity index (χ0n) is 14.2. The zero-order valence-corrected chi connectivity index (χ0v) is 14.2. The number of aromatic carboxylic acids is 1. The van der Waals surface area contributed by atoms with Crippen LogP contribution in [0, 0.1) is 5.41 Å². The molecule has 2 aromatic rings.